The number of halogens is 1. The van der Waals surface area contributed by atoms with Crippen LogP contribution >= 0.6 is 15.9 Å². The highest BCUT2D eigenvalue weighted by molar-refractivity contribution is 9.10. The topological polar surface area (TPSA) is 23.6 Å². The number of carbonyl (C=O) groups excluding carboxylic acids is 1. The summed E-state index contributed by atoms with van der Waals surface area (Å²) in [6, 6.07) is 8.68. The first-order chi connectivity index (χ1) is 10.5. The van der Waals surface area contributed by atoms with E-state index in [1.54, 1.807) is 0 Å². The molecule has 3 nitrogen and oxygen atoms in total. The molecule has 118 valence electrons. The molecular weight excluding hydrogens is 340 g/mol. The Kier molecular flexibility index (Phi) is 3.30. The van der Waals surface area contributed by atoms with E-state index in [4.69, 9.17) is 0 Å². The van der Waals surface area contributed by atoms with Crippen LogP contribution in [0.3, 0.4) is 0 Å². The molecule has 4 fully saturated rings. The van der Waals surface area contributed by atoms with E-state index >= 15 is 0 Å². The maximum atomic E-state index is 13.1. The zero-order valence-corrected chi connectivity index (χ0v) is 14.9. The van der Waals surface area contributed by atoms with Gasteiger partial charge in [-0.15, -0.1) is 0 Å². The number of benzene rings is 1. The second kappa shape index (κ2) is 4.89. The summed E-state index contributed by atoms with van der Waals surface area (Å²) in [5, 5.41) is 0. The summed E-state index contributed by atoms with van der Waals surface area (Å²) in [6.45, 7) is 8.10. The predicted octanol–water partition coefficient (Wildman–Crippen LogP) is 3.45. The summed E-state index contributed by atoms with van der Waals surface area (Å²) in [4.78, 5) is 18.2. The van der Waals surface area contributed by atoms with Crippen LogP contribution in [0.2, 0.25) is 0 Å². The summed E-state index contributed by atoms with van der Waals surface area (Å²) < 4.78 is 1.12. The van der Waals surface area contributed by atoms with Gasteiger partial charge < -0.3 is 0 Å². The Morgan fingerprint density at radius 3 is 1.86 bits per heavy atom. The lowest BCUT2D eigenvalue weighted by atomic mass is 9.58. The van der Waals surface area contributed by atoms with Gasteiger partial charge in [0.05, 0.1) is 17.0 Å². The third kappa shape index (κ3) is 1.84. The molecular formula is C18H23BrN2O. The lowest BCUT2D eigenvalue weighted by molar-refractivity contribution is -0.204. The number of Topliss-reactive ketones (excluding diaryl/α,β-unsaturated/α-hetero) is 1. The SMILES string of the molecule is CCC12CN3CC(CC)(CN(C1)C3c1ccc(Br)cc1)C2=O. The Hall–Kier alpha value is -0.710. The van der Waals surface area contributed by atoms with E-state index in [1.807, 2.05) is 0 Å². The predicted molar refractivity (Wildman–Crippen MR) is 90.5 cm³/mol. The number of carbonyl (C=O) groups is 1. The zero-order valence-electron chi connectivity index (χ0n) is 13.3. The van der Waals surface area contributed by atoms with Gasteiger partial charge in [0, 0.05) is 30.7 Å². The summed E-state index contributed by atoms with van der Waals surface area (Å²) in [7, 11) is 0. The highest BCUT2D eigenvalue weighted by atomic mass is 79.9. The Balaban J connectivity index is 1.74. The van der Waals surface area contributed by atoms with Crippen LogP contribution in [0.15, 0.2) is 28.7 Å². The largest absolute Gasteiger partial charge is 0.298 e. The number of hydrogen-bond acceptors (Lipinski definition) is 3. The van der Waals surface area contributed by atoms with E-state index in [2.05, 4.69) is 63.8 Å². The molecule has 4 aliphatic heterocycles. The van der Waals surface area contributed by atoms with E-state index in [-0.39, 0.29) is 10.8 Å². The van der Waals surface area contributed by atoms with Crippen molar-refractivity contribution < 1.29 is 4.79 Å². The van der Waals surface area contributed by atoms with Gasteiger partial charge in [-0.05, 0) is 30.5 Å². The van der Waals surface area contributed by atoms with Gasteiger partial charge in [-0.1, -0.05) is 41.9 Å². The lowest BCUT2D eigenvalue weighted by Crippen LogP contribution is -2.76. The van der Waals surface area contributed by atoms with Gasteiger partial charge in [-0.25, -0.2) is 0 Å². The maximum absolute atomic E-state index is 13.1. The summed E-state index contributed by atoms with van der Waals surface area (Å²) in [6.07, 6.45) is 2.28. The number of nitrogens with zero attached hydrogens (tertiary/aromatic N) is 2. The number of hydrogen-bond donors (Lipinski definition) is 0. The molecule has 4 aliphatic rings. The molecule has 4 heterocycles. The first-order valence-electron chi connectivity index (χ1n) is 8.32. The summed E-state index contributed by atoms with van der Waals surface area (Å²) >= 11 is 3.52. The van der Waals surface area contributed by atoms with Crippen LogP contribution in [0, 0.1) is 10.8 Å². The molecule has 0 atom stereocenters. The van der Waals surface area contributed by atoms with E-state index in [0.717, 1.165) is 43.5 Å². The fourth-order valence-electron chi connectivity index (χ4n) is 5.02. The van der Waals surface area contributed by atoms with Crippen LogP contribution in [-0.4, -0.2) is 41.8 Å². The standard InChI is InChI=1S/C18H23BrN2O/c1-3-17-9-20-11-18(4-2,16(17)22)12-21(10-17)15(20)13-5-7-14(19)8-6-13/h5-8,15H,3-4,9-12H2,1-2H3. The van der Waals surface area contributed by atoms with Crippen molar-refractivity contribution in [2.45, 2.75) is 32.9 Å². The van der Waals surface area contributed by atoms with Gasteiger partial charge in [0.25, 0.3) is 0 Å². The molecule has 4 saturated heterocycles. The molecule has 0 saturated carbocycles. The first kappa shape index (κ1) is 14.9. The van der Waals surface area contributed by atoms with Crippen LogP contribution in [0.25, 0.3) is 0 Å². The highest BCUT2D eigenvalue weighted by Gasteiger charge is 2.64. The Morgan fingerprint density at radius 1 is 1.00 bits per heavy atom. The minimum atomic E-state index is -0.127. The van der Waals surface area contributed by atoms with Gasteiger partial charge >= 0.3 is 0 Å². The fraction of sp³-hybridized carbons (Fsp3) is 0.611. The van der Waals surface area contributed by atoms with Crippen molar-refractivity contribution in [3.8, 4) is 0 Å². The highest BCUT2D eigenvalue weighted by Crippen LogP contribution is 2.54. The van der Waals surface area contributed by atoms with Crippen LogP contribution < -0.4 is 0 Å². The Labute approximate surface area is 140 Å². The summed E-state index contributed by atoms with van der Waals surface area (Å²) in [5.74, 6) is 0.548. The second-order valence-corrected chi connectivity index (χ2v) is 8.25. The van der Waals surface area contributed by atoms with E-state index in [1.165, 1.54) is 5.56 Å². The molecule has 0 radical (unpaired) electrons. The van der Waals surface area contributed by atoms with Crippen LogP contribution in [0.4, 0.5) is 0 Å². The molecule has 0 unspecified atom stereocenters. The smallest absolute Gasteiger partial charge is 0.150 e. The molecule has 5 rings (SSSR count). The van der Waals surface area contributed by atoms with Gasteiger partial charge in [0.15, 0.2) is 0 Å². The second-order valence-electron chi connectivity index (χ2n) is 7.33. The van der Waals surface area contributed by atoms with E-state index < -0.39 is 0 Å². The van der Waals surface area contributed by atoms with Crippen molar-refractivity contribution in [3.05, 3.63) is 34.3 Å². The van der Waals surface area contributed by atoms with Gasteiger partial charge in [-0.3, -0.25) is 14.6 Å². The van der Waals surface area contributed by atoms with Crippen molar-refractivity contribution in [2.75, 3.05) is 26.2 Å². The monoisotopic (exact) mass is 362 g/mol. The van der Waals surface area contributed by atoms with Gasteiger partial charge in [0.2, 0.25) is 0 Å². The fourth-order valence-corrected chi connectivity index (χ4v) is 5.28. The molecule has 1 aromatic carbocycles. The molecule has 0 spiro atoms. The molecule has 1 aromatic rings. The summed E-state index contributed by atoms with van der Waals surface area (Å²) in [5.41, 5.74) is 1.10. The Morgan fingerprint density at radius 2 is 1.45 bits per heavy atom. The third-order valence-electron chi connectivity index (χ3n) is 6.20. The normalized spacial score (nSPS) is 42.9. The minimum absolute atomic E-state index is 0.127. The molecule has 0 aliphatic carbocycles. The first-order valence-corrected chi connectivity index (χ1v) is 9.11. The quantitative estimate of drug-likeness (QED) is 0.822. The molecule has 22 heavy (non-hydrogen) atoms. The average Bonchev–Trinajstić information content (AvgIpc) is 2.52. The number of rotatable bonds is 3. The van der Waals surface area contributed by atoms with Gasteiger partial charge in [-0.2, -0.15) is 0 Å². The lowest BCUT2D eigenvalue weighted by Gasteiger charge is -2.66. The van der Waals surface area contributed by atoms with E-state index in [0.29, 0.717) is 11.9 Å². The zero-order chi connectivity index (χ0) is 15.5. The van der Waals surface area contributed by atoms with Gasteiger partial charge in [0.1, 0.15) is 5.78 Å². The van der Waals surface area contributed by atoms with Crippen molar-refractivity contribution in [2.24, 2.45) is 10.8 Å². The minimum Gasteiger partial charge on any atom is -0.298 e. The van der Waals surface area contributed by atoms with E-state index in [9.17, 15) is 4.79 Å². The number of piperidine rings is 2. The van der Waals surface area contributed by atoms with Crippen LogP contribution in [-0.2, 0) is 4.79 Å². The molecule has 4 heteroatoms. The average molecular weight is 363 g/mol. The van der Waals surface area contributed by atoms with Crippen molar-refractivity contribution in [1.29, 1.82) is 0 Å². The molecule has 4 bridgehead atoms. The third-order valence-corrected chi connectivity index (χ3v) is 6.73. The Bertz CT molecular complexity index is 570. The van der Waals surface area contributed by atoms with Crippen molar-refractivity contribution >= 4 is 21.7 Å². The van der Waals surface area contributed by atoms with Crippen molar-refractivity contribution in [1.82, 2.24) is 9.80 Å². The molecule has 0 aromatic heterocycles. The van der Waals surface area contributed by atoms with Crippen LogP contribution in [0.1, 0.15) is 38.4 Å². The van der Waals surface area contributed by atoms with Crippen LogP contribution in [0.5, 0.6) is 0 Å². The maximum Gasteiger partial charge on any atom is 0.150 e. The van der Waals surface area contributed by atoms with Crippen molar-refractivity contribution in [3.63, 3.8) is 0 Å². The molecule has 0 amide bonds. The molecule has 0 N–H and O–H groups in total. The number of ketones is 1.